The van der Waals surface area contributed by atoms with Crippen molar-refractivity contribution in [1.29, 1.82) is 0 Å². The van der Waals surface area contributed by atoms with E-state index in [1.807, 2.05) is 48.5 Å². The molecule has 1 aliphatic rings. The molecule has 0 radical (unpaired) electrons. The van der Waals surface area contributed by atoms with Crippen LogP contribution in [0.25, 0.3) is 16.0 Å². The lowest BCUT2D eigenvalue weighted by molar-refractivity contribution is -0.132. The molecule has 158 valence electrons. The minimum absolute atomic E-state index is 0.0703. The number of anilines is 1. The monoisotopic (exact) mass is 440 g/mol. The summed E-state index contributed by atoms with van der Waals surface area (Å²) in [7, 11) is 0. The summed E-state index contributed by atoms with van der Waals surface area (Å²) in [4.78, 5) is 32.5. The van der Waals surface area contributed by atoms with E-state index in [1.54, 1.807) is 24.3 Å². The van der Waals surface area contributed by atoms with Crippen molar-refractivity contribution < 1.29 is 14.7 Å². The Hall–Kier alpha value is -3.77. The average molecular weight is 441 g/mol. The molecule has 1 aliphatic heterocycles. The third-order valence-corrected chi connectivity index (χ3v) is 6.68. The Kier molecular flexibility index (Phi) is 5.07. The highest BCUT2D eigenvalue weighted by Crippen LogP contribution is 2.44. The molecule has 1 N–H and O–H groups in total. The minimum atomic E-state index is -0.761. The number of carbonyl (C=O) groups excluding carboxylic acids is 2. The summed E-state index contributed by atoms with van der Waals surface area (Å²) >= 11 is 1.38. The Morgan fingerprint density at radius 2 is 1.69 bits per heavy atom. The highest BCUT2D eigenvalue weighted by Gasteiger charge is 2.48. The average Bonchev–Trinajstić information content (AvgIpc) is 3.37. The van der Waals surface area contributed by atoms with Crippen LogP contribution in [0.1, 0.15) is 29.7 Å². The molecule has 1 atom stereocenters. The number of amides is 1. The van der Waals surface area contributed by atoms with E-state index in [0.717, 1.165) is 22.2 Å². The molecule has 1 unspecified atom stereocenters. The maximum absolute atomic E-state index is 13.2. The summed E-state index contributed by atoms with van der Waals surface area (Å²) in [6.45, 7) is 2.08. The number of aliphatic hydroxyl groups excluding tert-OH is 1. The molecule has 2 heterocycles. The highest BCUT2D eigenvalue weighted by molar-refractivity contribution is 7.22. The van der Waals surface area contributed by atoms with Gasteiger partial charge in [-0.2, -0.15) is 0 Å². The number of benzene rings is 3. The number of rotatable bonds is 4. The molecule has 5 rings (SSSR count). The molecule has 0 saturated carbocycles. The molecular weight excluding hydrogens is 420 g/mol. The van der Waals surface area contributed by atoms with E-state index in [-0.39, 0.29) is 11.3 Å². The normalized spacial score (nSPS) is 17.9. The van der Waals surface area contributed by atoms with Crippen LogP contribution in [0.2, 0.25) is 0 Å². The zero-order chi connectivity index (χ0) is 22.2. The van der Waals surface area contributed by atoms with Gasteiger partial charge in [0.25, 0.3) is 5.78 Å². The first-order valence-corrected chi connectivity index (χ1v) is 11.2. The molecule has 5 nitrogen and oxygen atoms in total. The van der Waals surface area contributed by atoms with Gasteiger partial charge in [0.05, 0.1) is 21.8 Å². The number of aryl methyl sites for hydroxylation is 1. The quantitative estimate of drug-likeness (QED) is 0.259. The van der Waals surface area contributed by atoms with Crippen LogP contribution in [-0.4, -0.2) is 21.8 Å². The fourth-order valence-electron chi connectivity index (χ4n) is 4.01. The van der Waals surface area contributed by atoms with Crippen LogP contribution < -0.4 is 4.90 Å². The molecule has 1 aromatic heterocycles. The van der Waals surface area contributed by atoms with Gasteiger partial charge >= 0.3 is 5.91 Å². The van der Waals surface area contributed by atoms with E-state index in [9.17, 15) is 14.7 Å². The number of thiazole rings is 1. The van der Waals surface area contributed by atoms with Crippen molar-refractivity contribution in [3.05, 3.63) is 101 Å². The van der Waals surface area contributed by atoms with Crippen molar-refractivity contribution >= 4 is 44.1 Å². The van der Waals surface area contributed by atoms with Gasteiger partial charge in [-0.3, -0.25) is 14.5 Å². The molecule has 32 heavy (non-hydrogen) atoms. The summed E-state index contributed by atoms with van der Waals surface area (Å²) in [6, 6.07) is 23.4. The first-order chi connectivity index (χ1) is 15.6. The molecule has 4 aromatic rings. The smallest absolute Gasteiger partial charge is 0.301 e. The fraction of sp³-hybridized carbons (Fsp3) is 0.115. The third-order valence-electron chi connectivity index (χ3n) is 5.66. The first kappa shape index (κ1) is 20.2. The summed E-state index contributed by atoms with van der Waals surface area (Å²) in [5.74, 6) is -1.59. The summed E-state index contributed by atoms with van der Waals surface area (Å²) in [5.41, 5.74) is 3.25. The van der Waals surface area contributed by atoms with Crippen LogP contribution in [0, 0.1) is 0 Å². The fourth-order valence-corrected chi connectivity index (χ4v) is 5.07. The van der Waals surface area contributed by atoms with E-state index >= 15 is 0 Å². The topological polar surface area (TPSA) is 70.5 Å². The van der Waals surface area contributed by atoms with Gasteiger partial charge in [0.15, 0.2) is 5.13 Å². The van der Waals surface area contributed by atoms with Crippen LogP contribution in [0.15, 0.2) is 84.4 Å². The number of fused-ring (bicyclic) bond motifs is 1. The first-order valence-electron chi connectivity index (χ1n) is 10.4. The molecule has 1 fully saturated rings. The van der Waals surface area contributed by atoms with E-state index in [4.69, 9.17) is 0 Å². The summed E-state index contributed by atoms with van der Waals surface area (Å²) in [6.07, 6.45) is 0.898. The van der Waals surface area contributed by atoms with Gasteiger partial charge < -0.3 is 5.11 Å². The van der Waals surface area contributed by atoms with Crippen LogP contribution in [0.5, 0.6) is 0 Å². The molecule has 0 aliphatic carbocycles. The maximum Gasteiger partial charge on any atom is 0.301 e. The van der Waals surface area contributed by atoms with Gasteiger partial charge in [-0.1, -0.05) is 85.0 Å². The van der Waals surface area contributed by atoms with Crippen molar-refractivity contribution in [3.63, 3.8) is 0 Å². The number of ketones is 1. The molecule has 1 amide bonds. The van der Waals surface area contributed by atoms with Gasteiger partial charge in [0, 0.05) is 5.56 Å². The second kappa shape index (κ2) is 8.05. The van der Waals surface area contributed by atoms with E-state index in [1.165, 1.54) is 21.8 Å². The van der Waals surface area contributed by atoms with Crippen molar-refractivity contribution in [3.8, 4) is 0 Å². The summed E-state index contributed by atoms with van der Waals surface area (Å²) < 4.78 is 0.955. The molecule has 3 aromatic carbocycles. The second-order valence-electron chi connectivity index (χ2n) is 7.60. The predicted molar refractivity (Wildman–Crippen MR) is 127 cm³/mol. The lowest BCUT2D eigenvalue weighted by Gasteiger charge is -2.22. The maximum atomic E-state index is 13.2. The largest absolute Gasteiger partial charge is 0.507 e. The van der Waals surface area contributed by atoms with Gasteiger partial charge in [-0.25, -0.2) is 4.98 Å². The van der Waals surface area contributed by atoms with Crippen LogP contribution in [-0.2, 0) is 16.0 Å². The number of hydrogen-bond donors (Lipinski definition) is 1. The van der Waals surface area contributed by atoms with Gasteiger partial charge in [0.2, 0.25) is 0 Å². The number of hydrogen-bond acceptors (Lipinski definition) is 5. The van der Waals surface area contributed by atoms with E-state index in [2.05, 4.69) is 18.0 Å². The Bertz CT molecular complexity index is 1360. The molecule has 1 saturated heterocycles. The molecule has 0 spiro atoms. The van der Waals surface area contributed by atoms with Crippen LogP contribution >= 0.6 is 11.3 Å². The van der Waals surface area contributed by atoms with E-state index < -0.39 is 17.7 Å². The van der Waals surface area contributed by atoms with Crippen molar-refractivity contribution in [2.24, 2.45) is 0 Å². The zero-order valence-electron chi connectivity index (χ0n) is 17.4. The van der Waals surface area contributed by atoms with Gasteiger partial charge in [-0.05, 0) is 29.7 Å². The SMILES string of the molecule is CCc1ccc2nc(N3C(=O)C(=O)C(=C(O)c4ccccc4)C3c3ccccc3)sc2c1. The second-order valence-corrected chi connectivity index (χ2v) is 8.61. The molecule has 0 bridgehead atoms. The highest BCUT2D eigenvalue weighted by atomic mass is 32.1. The number of aromatic nitrogens is 1. The van der Waals surface area contributed by atoms with Crippen molar-refractivity contribution in [1.82, 2.24) is 4.98 Å². The molecular formula is C26H20N2O3S. The Balaban J connectivity index is 1.71. The van der Waals surface area contributed by atoms with Gasteiger partial charge in [0.1, 0.15) is 5.76 Å². The number of aliphatic hydroxyl groups is 1. The lowest BCUT2D eigenvalue weighted by Crippen LogP contribution is -2.29. The lowest BCUT2D eigenvalue weighted by atomic mass is 9.95. The Morgan fingerprint density at radius 3 is 2.38 bits per heavy atom. The zero-order valence-corrected chi connectivity index (χ0v) is 18.2. The number of nitrogens with zero attached hydrogens (tertiary/aromatic N) is 2. The predicted octanol–water partition coefficient (Wildman–Crippen LogP) is 5.49. The Labute approximate surface area is 189 Å². The Morgan fingerprint density at radius 1 is 1.00 bits per heavy atom. The summed E-state index contributed by atoms with van der Waals surface area (Å²) in [5, 5.41) is 11.5. The van der Waals surface area contributed by atoms with Crippen LogP contribution in [0.3, 0.4) is 0 Å². The number of carbonyl (C=O) groups is 2. The standard InChI is InChI=1S/C26H20N2O3S/c1-2-16-13-14-19-20(15-16)32-26(27-19)28-22(17-9-5-3-6-10-17)21(24(30)25(28)31)23(29)18-11-7-4-8-12-18/h3-15,22,29H,2H2,1H3. The van der Waals surface area contributed by atoms with Crippen LogP contribution in [0.4, 0.5) is 5.13 Å². The third kappa shape index (κ3) is 3.29. The van der Waals surface area contributed by atoms with Crippen molar-refractivity contribution in [2.75, 3.05) is 4.90 Å². The molecule has 6 heteroatoms. The minimum Gasteiger partial charge on any atom is -0.507 e. The van der Waals surface area contributed by atoms with Gasteiger partial charge in [-0.15, -0.1) is 0 Å². The van der Waals surface area contributed by atoms with E-state index in [0.29, 0.717) is 10.7 Å². The number of Topliss-reactive ketones (excluding diaryl/α,β-unsaturated/α-hetero) is 1. The van der Waals surface area contributed by atoms with Crippen molar-refractivity contribution in [2.45, 2.75) is 19.4 Å².